The number of hydrogen-bond donors (Lipinski definition) is 3. The number of amides is 1. The van der Waals surface area contributed by atoms with Crippen LogP contribution in [-0.4, -0.2) is 28.3 Å². The molecule has 98 valence electrons. The van der Waals surface area contributed by atoms with E-state index >= 15 is 0 Å². The molecule has 0 saturated heterocycles. The summed E-state index contributed by atoms with van der Waals surface area (Å²) in [6.45, 7) is 3.54. The van der Waals surface area contributed by atoms with Gasteiger partial charge in [-0.1, -0.05) is 12.1 Å². The normalized spacial score (nSPS) is 14.4. The first-order chi connectivity index (χ1) is 8.47. The summed E-state index contributed by atoms with van der Waals surface area (Å²) < 4.78 is 0. The predicted molar refractivity (Wildman–Crippen MR) is 71.0 cm³/mol. The average Bonchev–Trinajstić information content (AvgIpc) is 2.27. The highest BCUT2D eigenvalue weighted by Crippen LogP contribution is 2.10. The maximum Gasteiger partial charge on any atom is 0.244 e. The van der Waals surface area contributed by atoms with Gasteiger partial charge in [0.1, 0.15) is 5.75 Å². The van der Waals surface area contributed by atoms with E-state index in [-0.39, 0.29) is 17.7 Å². The van der Waals surface area contributed by atoms with Crippen LogP contribution in [0.25, 0.3) is 6.08 Å². The van der Waals surface area contributed by atoms with Crippen molar-refractivity contribution in [1.29, 1.82) is 0 Å². The summed E-state index contributed by atoms with van der Waals surface area (Å²) in [6.07, 6.45) is 3.20. The van der Waals surface area contributed by atoms with Crippen molar-refractivity contribution in [2.24, 2.45) is 0 Å². The average molecular weight is 249 g/mol. The zero-order valence-electron chi connectivity index (χ0n) is 10.6. The Morgan fingerprint density at radius 3 is 2.50 bits per heavy atom. The molecule has 2 atom stereocenters. The highest BCUT2D eigenvalue weighted by atomic mass is 16.3. The fraction of sp³-hybridized carbons (Fsp3) is 0.357. The fourth-order valence-electron chi connectivity index (χ4n) is 1.62. The predicted octanol–water partition coefficient (Wildman–Crippen LogP) is 1.68. The van der Waals surface area contributed by atoms with E-state index < -0.39 is 6.10 Å². The second kappa shape index (κ2) is 6.81. The Morgan fingerprint density at radius 2 is 1.94 bits per heavy atom. The van der Waals surface area contributed by atoms with Crippen molar-refractivity contribution >= 4 is 12.0 Å². The molecule has 3 N–H and O–H groups in total. The SMILES string of the molecule is CC(O)CC(C)NC(=O)/C=C/c1ccc(O)cc1. The molecule has 0 radical (unpaired) electrons. The number of hydrogen-bond acceptors (Lipinski definition) is 3. The van der Waals surface area contributed by atoms with Crippen molar-refractivity contribution in [3.8, 4) is 5.75 Å². The third-order valence-electron chi connectivity index (χ3n) is 2.40. The molecule has 0 fully saturated rings. The molecule has 0 aliphatic heterocycles. The number of carbonyl (C=O) groups excluding carboxylic acids is 1. The number of aromatic hydroxyl groups is 1. The van der Waals surface area contributed by atoms with Crippen molar-refractivity contribution in [3.05, 3.63) is 35.9 Å². The molecule has 4 nitrogen and oxygen atoms in total. The van der Waals surface area contributed by atoms with Crippen LogP contribution >= 0.6 is 0 Å². The minimum atomic E-state index is -0.429. The molecule has 0 bridgehead atoms. The summed E-state index contributed by atoms with van der Waals surface area (Å²) >= 11 is 0. The molecule has 0 aliphatic carbocycles. The number of aliphatic hydroxyl groups excluding tert-OH is 1. The van der Waals surface area contributed by atoms with Gasteiger partial charge in [-0.05, 0) is 44.0 Å². The van der Waals surface area contributed by atoms with Crippen molar-refractivity contribution in [3.63, 3.8) is 0 Å². The van der Waals surface area contributed by atoms with E-state index in [1.54, 1.807) is 37.3 Å². The number of phenols is 1. The van der Waals surface area contributed by atoms with Crippen molar-refractivity contribution in [2.75, 3.05) is 0 Å². The van der Waals surface area contributed by atoms with Crippen LogP contribution < -0.4 is 5.32 Å². The summed E-state index contributed by atoms with van der Waals surface area (Å²) in [5.74, 6) is -0.00150. The molecule has 0 aromatic heterocycles. The highest BCUT2D eigenvalue weighted by Gasteiger charge is 2.07. The Morgan fingerprint density at radius 1 is 1.33 bits per heavy atom. The largest absolute Gasteiger partial charge is 0.508 e. The Labute approximate surface area is 107 Å². The van der Waals surface area contributed by atoms with Gasteiger partial charge in [-0.25, -0.2) is 0 Å². The monoisotopic (exact) mass is 249 g/mol. The van der Waals surface area contributed by atoms with Crippen molar-refractivity contribution in [2.45, 2.75) is 32.4 Å². The molecule has 4 heteroatoms. The standard InChI is InChI=1S/C14H19NO3/c1-10(9-11(2)16)15-14(18)8-5-12-3-6-13(17)7-4-12/h3-8,10-11,16-17H,9H2,1-2H3,(H,15,18)/b8-5+. The summed E-state index contributed by atoms with van der Waals surface area (Å²) in [4.78, 5) is 11.5. The highest BCUT2D eigenvalue weighted by molar-refractivity contribution is 5.91. The number of aliphatic hydroxyl groups is 1. The van der Waals surface area contributed by atoms with Crippen LogP contribution in [-0.2, 0) is 4.79 Å². The van der Waals surface area contributed by atoms with Crippen LogP contribution in [0.5, 0.6) is 5.75 Å². The molecule has 18 heavy (non-hydrogen) atoms. The van der Waals surface area contributed by atoms with Gasteiger partial charge in [0.25, 0.3) is 0 Å². The van der Waals surface area contributed by atoms with Gasteiger partial charge in [0, 0.05) is 12.1 Å². The Balaban J connectivity index is 2.46. The van der Waals surface area contributed by atoms with Crippen LogP contribution in [0.4, 0.5) is 0 Å². The number of rotatable bonds is 5. The third kappa shape index (κ3) is 5.50. The van der Waals surface area contributed by atoms with Gasteiger partial charge in [-0.2, -0.15) is 0 Å². The summed E-state index contributed by atoms with van der Waals surface area (Å²) in [7, 11) is 0. The Kier molecular flexibility index (Phi) is 5.39. The van der Waals surface area contributed by atoms with E-state index in [1.165, 1.54) is 6.08 Å². The molecule has 0 saturated carbocycles. The molecule has 1 aromatic carbocycles. The Hall–Kier alpha value is -1.81. The fourth-order valence-corrected chi connectivity index (χ4v) is 1.62. The minimum Gasteiger partial charge on any atom is -0.508 e. The van der Waals surface area contributed by atoms with Crippen LogP contribution in [0.1, 0.15) is 25.8 Å². The van der Waals surface area contributed by atoms with Gasteiger partial charge in [0.2, 0.25) is 5.91 Å². The molecule has 1 aromatic rings. The lowest BCUT2D eigenvalue weighted by Crippen LogP contribution is -2.33. The molecule has 1 amide bonds. The van der Waals surface area contributed by atoms with Crippen LogP contribution in [0.15, 0.2) is 30.3 Å². The number of phenolic OH excluding ortho intramolecular Hbond substituents is 1. The first kappa shape index (κ1) is 14.3. The van der Waals surface area contributed by atoms with Crippen LogP contribution in [0.3, 0.4) is 0 Å². The second-order valence-corrected chi connectivity index (χ2v) is 4.42. The smallest absolute Gasteiger partial charge is 0.244 e. The lowest BCUT2D eigenvalue weighted by atomic mass is 10.1. The van der Waals surface area contributed by atoms with Crippen LogP contribution in [0.2, 0.25) is 0 Å². The molecule has 0 aliphatic rings. The van der Waals surface area contributed by atoms with Gasteiger partial charge < -0.3 is 15.5 Å². The quantitative estimate of drug-likeness (QED) is 0.695. The lowest BCUT2D eigenvalue weighted by Gasteiger charge is -2.13. The molecule has 2 unspecified atom stereocenters. The van der Waals surface area contributed by atoms with Crippen molar-refractivity contribution in [1.82, 2.24) is 5.32 Å². The molecule has 0 heterocycles. The van der Waals surface area contributed by atoms with Gasteiger partial charge >= 0.3 is 0 Å². The first-order valence-corrected chi connectivity index (χ1v) is 5.93. The third-order valence-corrected chi connectivity index (χ3v) is 2.40. The van der Waals surface area contributed by atoms with Crippen molar-refractivity contribution < 1.29 is 15.0 Å². The number of benzene rings is 1. The molecular weight excluding hydrogens is 230 g/mol. The van der Waals surface area contributed by atoms with E-state index in [1.807, 2.05) is 6.92 Å². The van der Waals surface area contributed by atoms with Gasteiger partial charge in [-0.15, -0.1) is 0 Å². The molecular formula is C14H19NO3. The van der Waals surface area contributed by atoms with Crippen LogP contribution in [0, 0.1) is 0 Å². The minimum absolute atomic E-state index is 0.0676. The van der Waals surface area contributed by atoms with Gasteiger partial charge in [0.05, 0.1) is 6.10 Å². The Bertz CT molecular complexity index is 410. The molecule has 0 spiro atoms. The summed E-state index contributed by atoms with van der Waals surface area (Å²) in [5, 5.41) is 21.0. The zero-order chi connectivity index (χ0) is 13.5. The lowest BCUT2D eigenvalue weighted by molar-refractivity contribution is -0.117. The maximum absolute atomic E-state index is 11.5. The van der Waals surface area contributed by atoms with Gasteiger partial charge in [0.15, 0.2) is 0 Å². The summed E-state index contributed by atoms with van der Waals surface area (Å²) in [6, 6.07) is 6.50. The topological polar surface area (TPSA) is 69.6 Å². The molecule has 1 rings (SSSR count). The number of nitrogens with one attached hydrogen (secondary N) is 1. The summed E-state index contributed by atoms with van der Waals surface area (Å²) in [5.41, 5.74) is 0.839. The van der Waals surface area contributed by atoms with E-state index in [4.69, 9.17) is 5.11 Å². The first-order valence-electron chi connectivity index (χ1n) is 5.93. The van der Waals surface area contributed by atoms with E-state index in [9.17, 15) is 9.90 Å². The van der Waals surface area contributed by atoms with E-state index in [0.717, 1.165) is 5.56 Å². The van der Waals surface area contributed by atoms with E-state index in [2.05, 4.69) is 5.32 Å². The van der Waals surface area contributed by atoms with Gasteiger partial charge in [-0.3, -0.25) is 4.79 Å². The maximum atomic E-state index is 11.5. The number of carbonyl (C=O) groups is 1. The zero-order valence-corrected chi connectivity index (χ0v) is 10.6. The second-order valence-electron chi connectivity index (χ2n) is 4.42. The van der Waals surface area contributed by atoms with E-state index in [0.29, 0.717) is 6.42 Å².